The molecule has 0 saturated carbocycles. The van der Waals surface area contributed by atoms with Crippen LogP contribution in [0.3, 0.4) is 0 Å². The van der Waals surface area contributed by atoms with Gasteiger partial charge in [0.2, 0.25) is 0 Å². The average Bonchev–Trinajstić information content (AvgIpc) is 2.36. The fourth-order valence-corrected chi connectivity index (χ4v) is 1.42. The van der Waals surface area contributed by atoms with Crippen LogP contribution >= 0.6 is 0 Å². The predicted molar refractivity (Wildman–Crippen MR) is 62.7 cm³/mol. The van der Waals surface area contributed by atoms with Crippen LogP contribution in [0.1, 0.15) is 19.4 Å². The van der Waals surface area contributed by atoms with Gasteiger partial charge >= 0.3 is 12.1 Å². The molecule has 1 rings (SSSR count). The molecule has 106 valence electrons. The highest BCUT2D eigenvalue weighted by Crippen LogP contribution is 2.30. The number of alkyl halides is 3. The van der Waals surface area contributed by atoms with E-state index in [1.807, 2.05) is 0 Å². The summed E-state index contributed by atoms with van der Waals surface area (Å²) >= 11 is 0. The molecule has 2 atom stereocenters. The smallest absolute Gasteiger partial charge is 0.416 e. The molecule has 1 aromatic rings. The number of hydrogen-bond acceptors (Lipinski definition) is 3. The summed E-state index contributed by atoms with van der Waals surface area (Å²) in [5.74, 6) is -0.664. The van der Waals surface area contributed by atoms with Crippen LogP contribution in [0.4, 0.5) is 13.2 Å². The van der Waals surface area contributed by atoms with Crippen molar-refractivity contribution in [2.75, 3.05) is 7.11 Å². The lowest BCUT2D eigenvalue weighted by molar-refractivity contribution is -0.147. The number of esters is 1. The Morgan fingerprint density at radius 1 is 1.16 bits per heavy atom. The van der Waals surface area contributed by atoms with Crippen molar-refractivity contribution in [1.82, 2.24) is 0 Å². The molecule has 0 radical (unpaired) electrons. The fraction of sp³-hybridized carbons (Fsp3) is 0.462. The molecule has 0 aliphatic carbocycles. The summed E-state index contributed by atoms with van der Waals surface area (Å²) < 4.78 is 47.0. The van der Waals surface area contributed by atoms with Crippen LogP contribution in [0, 0.1) is 5.92 Å². The molecule has 0 heterocycles. The van der Waals surface area contributed by atoms with Gasteiger partial charge in [-0.15, -0.1) is 0 Å². The van der Waals surface area contributed by atoms with Gasteiger partial charge in [-0.25, -0.2) is 0 Å². The van der Waals surface area contributed by atoms with E-state index >= 15 is 0 Å². The number of methoxy groups -OCH3 is 1. The minimum Gasteiger partial charge on any atom is -0.490 e. The SMILES string of the molecule is COC(=O)[C@H](C)[C@H](C)Oc1ccc(C(F)(F)F)cc1. The minimum absolute atomic E-state index is 0.274. The van der Waals surface area contributed by atoms with E-state index < -0.39 is 29.7 Å². The van der Waals surface area contributed by atoms with Gasteiger partial charge in [0.1, 0.15) is 11.9 Å². The van der Waals surface area contributed by atoms with Crippen molar-refractivity contribution in [3.05, 3.63) is 29.8 Å². The third-order valence-corrected chi connectivity index (χ3v) is 2.78. The molecule has 1 aromatic carbocycles. The van der Waals surface area contributed by atoms with Gasteiger partial charge in [0, 0.05) is 0 Å². The Balaban J connectivity index is 2.70. The molecule has 0 saturated heterocycles. The van der Waals surface area contributed by atoms with E-state index in [0.717, 1.165) is 12.1 Å². The third-order valence-electron chi connectivity index (χ3n) is 2.78. The van der Waals surface area contributed by atoms with Gasteiger partial charge in [0.05, 0.1) is 18.6 Å². The number of ether oxygens (including phenoxy) is 2. The van der Waals surface area contributed by atoms with Crippen molar-refractivity contribution in [2.24, 2.45) is 5.92 Å². The zero-order chi connectivity index (χ0) is 14.6. The molecule has 19 heavy (non-hydrogen) atoms. The molecular formula is C13H15F3O3. The largest absolute Gasteiger partial charge is 0.490 e. The molecule has 0 N–H and O–H groups in total. The predicted octanol–water partition coefficient (Wildman–Crippen LogP) is 3.28. The second-order valence-corrected chi connectivity index (χ2v) is 4.16. The van der Waals surface area contributed by atoms with Crippen LogP contribution < -0.4 is 4.74 Å². The van der Waals surface area contributed by atoms with Crippen molar-refractivity contribution >= 4 is 5.97 Å². The lowest BCUT2D eigenvalue weighted by atomic mass is 10.1. The maximum Gasteiger partial charge on any atom is 0.416 e. The summed E-state index contributed by atoms with van der Waals surface area (Å²) in [6, 6.07) is 4.32. The van der Waals surface area contributed by atoms with Crippen molar-refractivity contribution < 1.29 is 27.4 Å². The van der Waals surface area contributed by atoms with Gasteiger partial charge in [-0.3, -0.25) is 4.79 Å². The van der Waals surface area contributed by atoms with Gasteiger partial charge < -0.3 is 9.47 Å². The van der Waals surface area contributed by atoms with E-state index in [0.29, 0.717) is 0 Å². The zero-order valence-corrected chi connectivity index (χ0v) is 10.8. The quantitative estimate of drug-likeness (QED) is 0.792. The first-order valence-electron chi connectivity index (χ1n) is 5.67. The highest BCUT2D eigenvalue weighted by molar-refractivity contribution is 5.72. The summed E-state index contributed by atoms with van der Waals surface area (Å²) in [5.41, 5.74) is -0.742. The van der Waals surface area contributed by atoms with Gasteiger partial charge in [0.25, 0.3) is 0 Å². The van der Waals surface area contributed by atoms with Crippen molar-refractivity contribution in [3.63, 3.8) is 0 Å². The highest BCUT2D eigenvalue weighted by Gasteiger charge is 2.30. The number of benzene rings is 1. The Bertz CT molecular complexity index is 426. The Hall–Kier alpha value is -1.72. The second kappa shape index (κ2) is 5.95. The summed E-state index contributed by atoms with van der Waals surface area (Å²) in [7, 11) is 1.27. The van der Waals surface area contributed by atoms with Crippen LogP contribution in [0.25, 0.3) is 0 Å². The number of hydrogen-bond donors (Lipinski definition) is 0. The lowest BCUT2D eigenvalue weighted by Crippen LogP contribution is -2.29. The van der Waals surface area contributed by atoms with Gasteiger partial charge in [0.15, 0.2) is 0 Å². The van der Waals surface area contributed by atoms with Crippen molar-refractivity contribution in [2.45, 2.75) is 26.1 Å². The molecule has 0 bridgehead atoms. The average molecular weight is 276 g/mol. The zero-order valence-electron chi connectivity index (χ0n) is 10.8. The monoisotopic (exact) mass is 276 g/mol. The first kappa shape index (κ1) is 15.3. The fourth-order valence-electron chi connectivity index (χ4n) is 1.42. The molecule has 0 fully saturated rings. The van der Waals surface area contributed by atoms with Crippen LogP contribution in [0.2, 0.25) is 0 Å². The number of rotatable bonds is 4. The molecule has 0 aliphatic heterocycles. The van der Waals surface area contributed by atoms with Crippen molar-refractivity contribution in [3.8, 4) is 5.75 Å². The number of halogens is 3. The molecule has 6 heteroatoms. The Labute approximate surface area is 109 Å². The molecule has 0 amide bonds. The summed E-state index contributed by atoms with van der Waals surface area (Å²) in [4.78, 5) is 11.3. The van der Waals surface area contributed by atoms with E-state index in [1.54, 1.807) is 13.8 Å². The Morgan fingerprint density at radius 2 is 1.68 bits per heavy atom. The van der Waals surface area contributed by atoms with E-state index in [4.69, 9.17) is 4.74 Å². The molecular weight excluding hydrogens is 261 g/mol. The van der Waals surface area contributed by atoms with E-state index in [9.17, 15) is 18.0 Å². The lowest BCUT2D eigenvalue weighted by Gasteiger charge is -2.19. The van der Waals surface area contributed by atoms with Gasteiger partial charge in [-0.05, 0) is 38.1 Å². The molecule has 0 aliphatic rings. The van der Waals surface area contributed by atoms with Crippen LogP contribution in [-0.4, -0.2) is 19.2 Å². The summed E-state index contributed by atoms with van der Waals surface area (Å²) in [6.45, 7) is 3.28. The van der Waals surface area contributed by atoms with E-state index in [-0.39, 0.29) is 5.75 Å². The maximum atomic E-state index is 12.4. The normalized spacial score (nSPS) is 14.6. The van der Waals surface area contributed by atoms with E-state index in [1.165, 1.54) is 19.2 Å². The molecule has 3 nitrogen and oxygen atoms in total. The summed E-state index contributed by atoms with van der Waals surface area (Å²) in [6.07, 6.45) is -4.87. The summed E-state index contributed by atoms with van der Waals surface area (Å²) in [5, 5.41) is 0. The van der Waals surface area contributed by atoms with Gasteiger partial charge in [-0.1, -0.05) is 0 Å². The van der Waals surface area contributed by atoms with Crippen LogP contribution in [0.5, 0.6) is 5.75 Å². The number of carbonyl (C=O) groups excluding carboxylic acids is 1. The van der Waals surface area contributed by atoms with Crippen LogP contribution in [0.15, 0.2) is 24.3 Å². The Kier molecular flexibility index (Phi) is 4.80. The van der Waals surface area contributed by atoms with Gasteiger partial charge in [-0.2, -0.15) is 13.2 Å². The molecule has 0 spiro atoms. The maximum absolute atomic E-state index is 12.4. The molecule has 0 aromatic heterocycles. The standard InChI is InChI=1S/C13H15F3O3/c1-8(12(17)18-3)9(2)19-11-6-4-10(5-7-11)13(14,15)16/h4-9H,1-3H3/t8-,9+/m1/s1. The first-order valence-corrected chi connectivity index (χ1v) is 5.67. The second-order valence-electron chi connectivity index (χ2n) is 4.16. The topological polar surface area (TPSA) is 35.5 Å². The van der Waals surface area contributed by atoms with Crippen LogP contribution in [-0.2, 0) is 15.7 Å². The Morgan fingerprint density at radius 3 is 2.11 bits per heavy atom. The first-order chi connectivity index (χ1) is 8.75. The van der Waals surface area contributed by atoms with Crippen molar-refractivity contribution in [1.29, 1.82) is 0 Å². The number of carbonyl (C=O) groups is 1. The third kappa shape index (κ3) is 4.15. The highest BCUT2D eigenvalue weighted by atomic mass is 19.4. The minimum atomic E-state index is -4.37. The molecule has 0 unspecified atom stereocenters. The van der Waals surface area contributed by atoms with E-state index in [2.05, 4.69) is 4.74 Å².